The highest BCUT2D eigenvalue weighted by atomic mass is 14.9. The SMILES string of the molecule is Cc1nc(-c2ccccc2)nc(C)c1CNC(C)C. The average Bonchev–Trinajstić information content (AvgIpc) is 2.38. The van der Waals surface area contributed by atoms with E-state index in [0.717, 1.165) is 29.3 Å². The first-order valence-electron chi connectivity index (χ1n) is 6.71. The van der Waals surface area contributed by atoms with E-state index in [-0.39, 0.29) is 0 Å². The molecule has 2 aromatic rings. The lowest BCUT2D eigenvalue weighted by Crippen LogP contribution is -2.23. The Kier molecular flexibility index (Phi) is 4.27. The highest BCUT2D eigenvalue weighted by molar-refractivity contribution is 5.55. The minimum absolute atomic E-state index is 0.465. The standard InChI is InChI=1S/C16H21N3/c1-11(2)17-10-15-12(3)18-16(19-13(15)4)14-8-6-5-7-9-14/h5-9,11,17H,10H2,1-4H3. The van der Waals surface area contributed by atoms with Crippen LogP contribution < -0.4 is 5.32 Å². The molecule has 0 aliphatic carbocycles. The van der Waals surface area contributed by atoms with Gasteiger partial charge in [-0.3, -0.25) is 0 Å². The molecule has 100 valence electrons. The van der Waals surface area contributed by atoms with Crippen molar-refractivity contribution in [2.24, 2.45) is 0 Å². The van der Waals surface area contributed by atoms with Crippen LogP contribution in [0.1, 0.15) is 30.8 Å². The molecule has 0 fully saturated rings. The van der Waals surface area contributed by atoms with Crippen LogP contribution in [0.4, 0.5) is 0 Å². The first-order valence-corrected chi connectivity index (χ1v) is 6.71. The van der Waals surface area contributed by atoms with Crippen LogP contribution in [0.25, 0.3) is 11.4 Å². The molecule has 3 heteroatoms. The third-order valence-corrected chi connectivity index (χ3v) is 3.14. The van der Waals surface area contributed by atoms with Gasteiger partial charge in [0.25, 0.3) is 0 Å². The van der Waals surface area contributed by atoms with E-state index in [9.17, 15) is 0 Å². The summed E-state index contributed by atoms with van der Waals surface area (Å²) in [6, 6.07) is 10.6. The van der Waals surface area contributed by atoms with Gasteiger partial charge < -0.3 is 5.32 Å². The smallest absolute Gasteiger partial charge is 0.159 e. The molecule has 0 aliphatic rings. The van der Waals surface area contributed by atoms with Gasteiger partial charge in [0.1, 0.15) is 0 Å². The number of aryl methyl sites for hydroxylation is 2. The molecule has 2 rings (SSSR count). The van der Waals surface area contributed by atoms with E-state index in [4.69, 9.17) is 0 Å². The molecular formula is C16H21N3. The van der Waals surface area contributed by atoms with Gasteiger partial charge in [0.2, 0.25) is 0 Å². The topological polar surface area (TPSA) is 37.8 Å². The normalized spacial score (nSPS) is 11.0. The molecule has 1 aromatic carbocycles. The molecule has 0 amide bonds. The molecule has 0 radical (unpaired) electrons. The summed E-state index contributed by atoms with van der Waals surface area (Å²) < 4.78 is 0. The van der Waals surface area contributed by atoms with Crippen LogP contribution in [0, 0.1) is 13.8 Å². The highest BCUT2D eigenvalue weighted by Crippen LogP contribution is 2.18. The summed E-state index contributed by atoms with van der Waals surface area (Å²) in [6.45, 7) is 9.22. The zero-order chi connectivity index (χ0) is 13.8. The lowest BCUT2D eigenvalue weighted by atomic mass is 10.1. The lowest BCUT2D eigenvalue weighted by Gasteiger charge is -2.13. The van der Waals surface area contributed by atoms with Crippen molar-refractivity contribution in [3.63, 3.8) is 0 Å². The zero-order valence-corrected chi connectivity index (χ0v) is 12.1. The largest absolute Gasteiger partial charge is 0.310 e. The van der Waals surface area contributed by atoms with Crippen LogP contribution in [-0.2, 0) is 6.54 Å². The number of aromatic nitrogens is 2. The molecular weight excluding hydrogens is 234 g/mol. The minimum Gasteiger partial charge on any atom is -0.310 e. The van der Waals surface area contributed by atoms with Gasteiger partial charge in [0.05, 0.1) is 0 Å². The van der Waals surface area contributed by atoms with Crippen LogP contribution in [0.3, 0.4) is 0 Å². The fourth-order valence-corrected chi connectivity index (χ4v) is 2.02. The van der Waals surface area contributed by atoms with Crippen molar-refractivity contribution in [3.8, 4) is 11.4 Å². The van der Waals surface area contributed by atoms with E-state index in [1.165, 1.54) is 5.56 Å². The summed E-state index contributed by atoms with van der Waals surface area (Å²) in [5.74, 6) is 0.809. The van der Waals surface area contributed by atoms with E-state index in [0.29, 0.717) is 6.04 Å². The molecule has 0 spiro atoms. The van der Waals surface area contributed by atoms with Gasteiger partial charge in [-0.25, -0.2) is 9.97 Å². The van der Waals surface area contributed by atoms with Gasteiger partial charge >= 0.3 is 0 Å². The summed E-state index contributed by atoms with van der Waals surface area (Å²) in [5.41, 5.74) is 4.38. The Morgan fingerprint density at radius 1 is 1.00 bits per heavy atom. The molecule has 0 saturated carbocycles. The third kappa shape index (κ3) is 3.38. The van der Waals surface area contributed by atoms with Gasteiger partial charge in [-0.05, 0) is 13.8 Å². The van der Waals surface area contributed by atoms with Gasteiger partial charge in [0, 0.05) is 35.1 Å². The molecule has 0 unspecified atom stereocenters. The molecule has 1 N–H and O–H groups in total. The van der Waals surface area contributed by atoms with Crippen molar-refractivity contribution >= 4 is 0 Å². The van der Waals surface area contributed by atoms with Crippen LogP contribution >= 0.6 is 0 Å². The quantitative estimate of drug-likeness (QED) is 0.911. The van der Waals surface area contributed by atoms with Crippen molar-refractivity contribution < 1.29 is 0 Å². The monoisotopic (exact) mass is 255 g/mol. The van der Waals surface area contributed by atoms with Gasteiger partial charge in [-0.1, -0.05) is 44.2 Å². The number of hydrogen-bond donors (Lipinski definition) is 1. The first-order chi connectivity index (χ1) is 9.08. The second-order valence-corrected chi connectivity index (χ2v) is 5.10. The van der Waals surface area contributed by atoms with Crippen molar-refractivity contribution in [3.05, 3.63) is 47.3 Å². The Labute approximate surface area is 115 Å². The van der Waals surface area contributed by atoms with Crippen LogP contribution in [-0.4, -0.2) is 16.0 Å². The maximum atomic E-state index is 4.63. The zero-order valence-electron chi connectivity index (χ0n) is 12.1. The molecule has 1 aromatic heterocycles. The number of hydrogen-bond acceptors (Lipinski definition) is 3. The molecule has 0 aliphatic heterocycles. The molecule has 0 bridgehead atoms. The van der Waals surface area contributed by atoms with Crippen molar-refractivity contribution in [1.82, 2.24) is 15.3 Å². The van der Waals surface area contributed by atoms with Gasteiger partial charge in [0.15, 0.2) is 5.82 Å². The van der Waals surface area contributed by atoms with E-state index < -0.39 is 0 Å². The molecule has 0 atom stereocenters. The average molecular weight is 255 g/mol. The number of nitrogens with one attached hydrogen (secondary N) is 1. The molecule has 19 heavy (non-hydrogen) atoms. The maximum Gasteiger partial charge on any atom is 0.159 e. The minimum atomic E-state index is 0.465. The second-order valence-electron chi connectivity index (χ2n) is 5.10. The highest BCUT2D eigenvalue weighted by Gasteiger charge is 2.09. The van der Waals surface area contributed by atoms with E-state index in [2.05, 4.69) is 43.0 Å². The van der Waals surface area contributed by atoms with Crippen molar-refractivity contribution in [2.45, 2.75) is 40.3 Å². The summed E-state index contributed by atoms with van der Waals surface area (Å²) in [4.78, 5) is 9.26. The Morgan fingerprint density at radius 2 is 1.58 bits per heavy atom. The number of benzene rings is 1. The first kappa shape index (κ1) is 13.7. The molecule has 1 heterocycles. The Morgan fingerprint density at radius 3 is 2.11 bits per heavy atom. The fraction of sp³-hybridized carbons (Fsp3) is 0.375. The molecule has 0 saturated heterocycles. The summed E-state index contributed by atoms with van der Waals surface area (Å²) in [5, 5.41) is 3.42. The van der Waals surface area contributed by atoms with Crippen molar-refractivity contribution in [2.75, 3.05) is 0 Å². The summed E-state index contributed by atoms with van der Waals surface area (Å²) in [6.07, 6.45) is 0. The predicted molar refractivity (Wildman–Crippen MR) is 78.9 cm³/mol. The summed E-state index contributed by atoms with van der Waals surface area (Å²) in [7, 11) is 0. The second kappa shape index (κ2) is 5.93. The van der Waals surface area contributed by atoms with E-state index >= 15 is 0 Å². The Balaban J connectivity index is 2.32. The number of nitrogens with zero attached hydrogens (tertiary/aromatic N) is 2. The van der Waals surface area contributed by atoms with Gasteiger partial charge in [-0.15, -0.1) is 0 Å². The maximum absolute atomic E-state index is 4.63. The van der Waals surface area contributed by atoms with Gasteiger partial charge in [-0.2, -0.15) is 0 Å². The van der Waals surface area contributed by atoms with E-state index in [1.807, 2.05) is 30.3 Å². The lowest BCUT2D eigenvalue weighted by molar-refractivity contribution is 0.583. The predicted octanol–water partition coefficient (Wildman–Crippen LogP) is 3.26. The van der Waals surface area contributed by atoms with E-state index in [1.54, 1.807) is 0 Å². The Hall–Kier alpha value is -1.74. The third-order valence-electron chi connectivity index (χ3n) is 3.14. The fourth-order valence-electron chi connectivity index (χ4n) is 2.02. The Bertz CT molecular complexity index is 524. The van der Waals surface area contributed by atoms with Crippen LogP contribution in [0.2, 0.25) is 0 Å². The number of rotatable bonds is 4. The van der Waals surface area contributed by atoms with Crippen LogP contribution in [0.15, 0.2) is 30.3 Å². The van der Waals surface area contributed by atoms with Crippen LogP contribution in [0.5, 0.6) is 0 Å². The summed E-state index contributed by atoms with van der Waals surface area (Å²) >= 11 is 0. The molecule has 3 nitrogen and oxygen atoms in total. The van der Waals surface area contributed by atoms with Crippen molar-refractivity contribution in [1.29, 1.82) is 0 Å².